The first kappa shape index (κ1) is 16.0. The van der Waals surface area contributed by atoms with Gasteiger partial charge in [-0.3, -0.25) is 4.79 Å². The summed E-state index contributed by atoms with van der Waals surface area (Å²) >= 11 is 5.87. The lowest BCUT2D eigenvalue weighted by molar-refractivity contribution is -0.116. The van der Waals surface area contributed by atoms with E-state index >= 15 is 0 Å². The van der Waals surface area contributed by atoms with Gasteiger partial charge >= 0.3 is 0 Å². The lowest BCUT2D eigenvalue weighted by Gasteiger charge is -2.19. The molecule has 19 heavy (non-hydrogen) atoms. The number of carbonyl (C=O) groups excluding carboxylic acids is 1. The number of carbonyl (C=O) groups is 1. The fourth-order valence-corrected chi connectivity index (χ4v) is 2.32. The molecule has 1 atom stereocenters. The Bertz CT molecular complexity index is 407. The van der Waals surface area contributed by atoms with Crippen LogP contribution in [-0.2, 0) is 4.79 Å². The lowest BCUT2D eigenvalue weighted by atomic mass is 9.88. The van der Waals surface area contributed by atoms with E-state index < -0.39 is 0 Å². The fraction of sp³-hybridized carbons (Fsp3) is 0.533. The largest absolute Gasteiger partial charge is 0.330 e. The highest BCUT2D eigenvalue weighted by molar-refractivity contribution is 6.30. The molecule has 0 spiro atoms. The molecule has 1 unspecified atom stereocenters. The molecule has 1 amide bonds. The first-order valence-electron chi connectivity index (χ1n) is 6.78. The molecule has 4 heteroatoms. The van der Waals surface area contributed by atoms with Crippen molar-refractivity contribution in [3.05, 3.63) is 29.3 Å². The Kier molecular flexibility index (Phi) is 6.89. The van der Waals surface area contributed by atoms with Gasteiger partial charge in [-0.25, -0.2) is 0 Å². The molecule has 3 N–H and O–H groups in total. The van der Waals surface area contributed by atoms with Crippen LogP contribution in [0.3, 0.4) is 0 Å². The molecular weight excluding hydrogens is 260 g/mol. The first-order chi connectivity index (χ1) is 9.02. The number of amides is 1. The predicted molar refractivity (Wildman–Crippen MR) is 81.3 cm³/mol. The van der Waals surface area contributed by atoms with Gasteiger partial charge in [0.05, 0.1) is 0 Å². The van der Waals surface area contributed by atoms with Crippen molar-refractivity contribution in [3.63, 3.8) is 0 Å². The topological polar surface area (TPSA) is 55.1 Å². The molecule has 0 aromatic heterocycles. The summed E-state index contributed by atoms with van der Waals surface area (Å²) < 4.78 is 0. The second kappa shape index (κ2) is 8.18. The minimum absolute atomic E-state index is 0.0324. The molecule has 0 saturated carbocycles. The Morgan fingerprint density at radius 3 is 2.68 bits per heavy atom. The second-order valence-electron chi connectivity index (χ2n) is 5.18. The van der Waals surface area contributed by atoms with Crippen LogP contribution in [0.1, 0.15) is 33.1 Å². The van der Waals surface area contributed by atoms with Crippen LogP contribution in [0.15, 0.2) is 24.3 Å². The number of nitrogens with one attached hydrogen (secondary N) is 1. The second-order valence-corrected chi connectivity index (χ2v) is 5.62. The Balaban J connectivity index is 2.42. The van der Waals surface area contributed by atoms with Gasteiger partial charge in [0.15, 0.2) is 0 Å². The fourth-order valence-electron chi connectivity index (χ4n) is 2.13. The molecule has 0 heterocycles. The van der Waals surface area contributed by atoms with Crippen molar-refractivity contribution in [1.82, 2.24) is 0 Å². The maximum atomic E-state index is 11.9. The molecule has 0 aliphatic rings. The van der Waals surface area contributed by atoms with Crippen molar-refractivity contribution < 1.29 is 4.79 Å². The normalized spacial score (nSPS) is 12.5. The quantitative estimate of drug-likeness (QED) is 0.801. The molecule has 0 saturated heterocycles. The van der Waals surface area contributed by atoms with Gasteiger partial charge in [0.1, 0.15) is 0 Å². The highest BCUT2D eigenvalue weighted by Gasteiger charge is 2.14. The molecule has 3 nitrogen and oxygen atoms in total. The van der Waals surface area contributed by atoms with Gasteiger partial charge in [0.25, 0.3) is 0 Å². The van der Waals surface area contributed by atoms with Crippen LogP contribution >= 0.6 is 11.6 Å². The molecule has 0 radical (unpaired) electrons. The summed E-state index contributed by atoms with van der Waals surface area (Å²) in [5.74, 6) is 1.10. The molecular formula is C15H23ClN2O. The van der Waals surface area contributed by atoms with E-state index in [0.29, 0.717) is 29.8 Å². The van der Waals surface area contributed by atoms with Gasteiger partial charge in [0, 0.05) is 17.1 Å². The van der Waals surface area contributed by atoms with Gasteiger partial charge in [-0.15, -0.1) is 0 Å². The Hall–Kier alpha value is -1.06. The van der Waals surface area contributed by atoms with Crippen molar-refractivity contribution in [2.24, 2.45) is 17.6 Å². The third-order valence-electron chi connectivity index (χ3n) is 3.33. The first-order valence-corrected chi connectivity index (χ1v) is 7.16. The van der Waals surface area contributed by atoms with Gasteiger partial charge in [-0.05, 0) is 49.4 Å². The summed E-state index contributed by atoms with van der Waals surface area (Å²) in [4.78, 5) is 11.9. The van der Waals surface area contributed by atoms with E-state index in [1.54, 1.807) is 12.1 Å². The van der Waals surface area contributed by atoms with E-state index in [-0.39, 0.29) is 5.91 Å². The van der Waals surface area contributed by atoms with Crippen LogP contribution in [0.2, 0.25) is 5.02 Å². The predicted octanol–water partition coefficient (Wildman–Crippen LogP) is 3.68. The van der Waals surface area contributed by atoms with Crippen molar-refractivity contribution in [2.75, 3.05) is 11.9 Å². The van der Waals surface area contributed by atoms with Crippen molar-refractivity contribution in [1.29, 1.82) is 0 Å². The molecule has 0 aliphatic heterocycles. The number of hydrogen-bond donors (Lipinski definition) is 2. The van der Waals surface area contributed by atoms with Crippen molar-refractivity contribution >= 4 is 23.2 Å². The monoisotopic (exact) mass is 282 g/mol. The van der Waals surface area contributed by atoms with Crippen LogP contribution in [0.25, 0.3) is 0 Å². The Labute approximate surface area is 120 Å². The molecule has 0 bridgehead atoms. The van der Waals surface area contributed by atoms with E-state index in [1.165, 1.54) is 0 Å². The zero-order chi connectivity index (χ0) is 14.3. The number of hydrogen-bond acceptors (Lipinski definition) is 2. The summed E-state index contributed by atoms with van der Waals surface area (Å²) in [5, 5.41) is 3.49. The molecule has 1 rings (SSSR count). The SMILES string of the molecule is CC(C)C(CCN)CCC(=O)Nc1cccc(Cl)c1. The summed E-state index contributed by atoms with van der Waals surface area (Å²) in [6, 6.07) is 7.19. The van der Waals surface area contributed by atoms with E-state index in [1.807, 2.05) is 12.1 Å². The standard InChI is InChI=1S/C15H23ClN2O/c1-11(2)12(8-9-17)6-7-15(19)18-14-5-3-4-13(16)10-14/h3-5,10-12H,6-9,17H2,1-2H3,(H,18,19). The van der Waals surface area contributed by atoms with Crippen LogP contribution in [0.4, 0.5) is 5.69 Å². The zero-order valence-electron chi connectivity index (χ0n) is 11.7. The third-order valence-corrected chi connectivity index (χ3v) is 3.57. The number of anilines is 1. The van der Waals surface area contributed by atoms with E-state index in [0.717, 1.165) is 18.5 Å². The van der Waals surface area contributed by atoms with Crippen molar-refractivity contribution in [2.45, 2.75) is 33.1 Å². The van der Waals surface area contributed by atoms with Crippen LogP contribution in [0.5, 0.6) is 0 Å². The summed E-state index contributed by atoms with van der Waals surface area (Å²) in [7, 11) is 0. The number of halogens is 1. The minimum atomic E-state index is 0.0324. The third kappa shape index (κ3) is 6.08. The van der Waals surface area contributed by atoms with Crippen LogP contribution in [0, 0.1) is 11.8 Å². The highest BCUT2D eigenvalue weighted by atomic mass is 35.5. The Morgan fingerprint density at radius 1 is 1.37 bits per heavy atom. The smallest absolute Gasteiger partial charge is 0.224 e. The number of rotatable bonds is 7. The molecule has 1 aromatic carbocycles. The maximum absolute atomic E-state index is 11.9. The van der Waals surface area contributed by atoms with Crippen molar-refractivity contribution in [3.8, 4) is 0 Å². The summed E-state index contributed by atoms with van der Waals surface area (Å²) in [6.07, 6.45) is 2.37. The number of nitrogens with two attached hydrogens (primary N) is 1. The van der Waals surface area contributed by atoms with Gasteiger partial charge in [0.2, 0.25) is 5.91 Å². The Morgan fingerprint density at radius 2 is 2.11 bits per heavy atom. The lowest BCUT2D eigenvalue weighted by Crippen LogP contribution is -2.18. The zero-order valence-corrected chi connectivity index (χ0v) is 12.4. The van der Waals surface area contributed by atoms with Crippen LogP contribution < -0.4 is 11.1 Å². The molecule has 0 aliphatic carbocycles. The van der Waals surface area contributed by atoms with Gasteiger partial charge in [-0.1, -0.05) is 31.5 Å². The average Bonchev–Trinajstić information content (AvgIpc) is 2.34. The molecule has 0 fully saturated rings. The number of benzene rings is 1. The molecule has 106 valence electrons. The van der Waals surface area contributed by atoms with Gasteiger partial charge in [-0.2, -0.15) is 0 Å². The summed E-state index contributed by atoms with van der Waals surface area (Å²) in [6.45, 7) is 5.03. The highest BCUT2D eigenvalue weighted by Crippen LogP contribution is 2.21. The summed E-state index contributed by atoms with van der Waals surface area (Å²) in [5.41, 5.74) is 6.35. The van der Waals surface area contributed by atoms with Gasteiger partial charge < -0.3 is 11.1 Å². The van der Waals surface area contributed by atoms with E-state index in [9.17, 15) is 4.79 Å². The average molecular weight is 283 g/mol. The van der Waals surface area contributed by atoms with E-state index in [2.05, 4.69) is 19.2 Å². The minimum Gasteiger partial charge on any atom is -0.330 e. The maximum Gasteiger partial charge on any atom is 0.224 e. The van der Waals surface area contributed by atoms with Crippen LogP contribution in [-0.4, -0.2) is 12.5 Å². The van der Waals surface area contributed by atoms with E-state index in [4.69, 9.17) is 17.3 Å². The molecule has 1 aromatic rings.